The first-order valence-electron chi connectivity index (χ1n) is 9.07. The lowest BCUT2D eigenvalue weighted by Crippen LogP contribution is -2.30. The molecule has 9 heteroatoms. The van der Waals surface area contributed by atoms with Crippen molar-refractivity contribution in [3.05, 3.63) is 41.6 Å². The number of aromatic nitrogens is 2. The molecular weight excluding hydrogens is 380 g/mol. The molecule has 0 aliphatic carbocycles. The molecule has 150 valence electrons. The monoisotopic (exact) mass is 404 g/mol. The molecule has 1 saturated heterocycles. The third-order valence-electron chi connectivity index (χ3n) is 4.60. The van der Waals surface area contributed by atoms with Crippen LogP contribution in [0.25, 0.3) is 0 Å². The van der Waals surface area contributed by atoms with Gasteiger partial charge in [0.05, 0.1) is 17.2 Å². The van der Waals surface area contributed by atoms with E-state index in [4.69, 9.17) is 4.74 Å². The van der Waals surface area contributed by atoms with Crippen LogP contribution in [-0.2, 0) is 14.8 Å². The second-order valence-corrected chi connectivity index (χ2v) is 8.91. The number of amides is 1. The van der Waals surface area contributed by atoms with E-state index in [0.717, 1.165) is 12.1 Å². The second kappa shape index (κ2) is 8.24. The summed E-state index contributed by atoms with van der Waals surface area (Å²) in [7, 11) is -3.60. The molecule has 3 rings (SSSR count). The fraction of sp³-hybridized carbons (Fsp3) is 0.421. The van der Waals surface area contributed by atoms with Crippen molar-refractivity contribution in [3.8, 4) is 5.88 Å². The number of ether oxygens (including phenoxy) is 1. The van der Waals surface area contributed by atoms with Gasteiger partial charge in [0.2, 0.25) is 21.8 Å². The summed E-state index contributed by atoms with van der Waals surface area (Å²) in [5.41, 5.74) is 1.99. The highest BCUT2D eigenvalue weighted by molar-refractivity contribution is 7.89. The van der Waals surface area contributed by atoms with Gasteiger partial charge in [-0.25, -0.2) is 8.42 Å². The highest BCUT2D eigenvalue weighted by Crippen LogP contribution is 2.28. The Hall–Kier alpha value is -2.52. The molecule has 0 bridgehead atoms. The summed E-state index contributed by atoms with van der Waals surface area (Å²) < 4.78 is 33.2. The number of nitrogens with zero attached hydrogens (tertiary/aromatic N) is 3. The van der Waals surface area contributed by atoms with Crippen LogP contribution < -0.4 is 10.1 Å². The molecule has 1 atom stereocenters. The minimum atomic E-state index is -3.60. The molecule has 1 amide bonds. The Bertz CT molecular complexity index is 960. The number of hydrogen-bond donors (Lipinski definition) is 1. The summed E-state index contributed by atoms with van der Waals surface area (Å²) in [5.74, 6) is 0.337. The van der Waals surface area contributed by atoms with Crippen molar-refractivity contribution in [2.24, 2.45) is 5.92 Å². The molecule has 0 saturated carbocycles. The number of anilines is 1. The highest BCUT2D eigenvalue weighted by atomic mass is 32.2. The number of rotatable bonds is 6. The smallest absolute Gasteiger partial charge is 0.243 e. The van der Waals surface area contributed by atoms with Gasteiger partial charge < -0.3 is 10.1 Å². The van der Waals surface area contributed by atoms with Crippen molar-refractivity contribution < 1.29 is 17.9 Å². The minimum absolute atomic E-state index is 0.0943. The number of aryl methyl sites for hydroxylation is 2. The third kappa shape index (κ3) is 4.66. The molecule has 1 N–H and O–H groups in total. The van der Waals surface area contributed by atoms with Crippen LogP contribution in [0, 0.1) is 19.8 Å². The van der Waals surface area contributed by atoms with Crippen molar-refractivity contribution in [1.29, 1.82) is 0 Å². The summed E-state index contributed by atoms with van der Waals surface area (Å²) in [6.07, 6.45) is 0.724. The van der Waals surface area contributed by atoms with Gasteiger partial charge in [0.15, 0.2) is 0 Å². The number of carbonyl (C=O) groups is 1. The Labute approximate surface area is 165 Å². The molecule has 28 heavy (non-hydrogen) atoms. The molecule has 2 heterocycles. The maximum absolute atomic E-state index is 13.0. The van der Waals surface area contributed by atoms with E-state index in [2.05, 4.69) is 15.5 Å². The Kier molecular flexibility index (Phi) is 5.95. The number of hydrogen-bond acceptors (Lipinski definition) is 6. The van der Waals surface area contributed by atoms with Crippen molar-refractivity contribution in [2.45, 2.75) is 32.1 Å². The van der Waals surface area contributed by atoms with E-state index in [1.807, 2.05) is 13.0 Å². The normalized spacial score (nSPS) is 17.5. The average molecular weight is 404 g/mol. The molecular formula is C19H24N4O4S. The lowest BCUT2D eigenvalue weighted by Gasteiger charge is -2.18. The van der Waals surface area contributed by atoms with Gasteiger partial charge in [0.25, 0.3) is 0 Å². The molecule has 2 aromatic rings. The summed E-state index contributed by atoms with van der Waals surface area (Å²) in [4.78, 5) is 11.4. The van der Waals surface area contributed by atoms with E-state index >= 15 is 0 Å². The topological polar surface area (TPSA) is 101 Å². The molecule has 1 aliphatic heterocycles. The highest BCUT2D eigenvalue weighted by Gasteiger charge is 2.33. The van der Waals surface area contributed by atoms with Crippen LogP contribution >= 0.6 is 0 Å². The summed E-state index contributed by atoms with van der Waals surface area (Å²) in [6.45, 7) is 6.22. The molecule has 1 aromatic carbocycles. The first-order valence-corrected chi connectivity index (χ1v) is 10.5. The zero-order valence-electron chi connectivity index (χ0n) is 16.2. The molecule has 0 spiro atoms. The molecule has 0 radical (unpaired) electrons. The lowest BCUT2D eigenvalue weighted by atomic mass is 10.1. The van der Waals surface area contributed by atoms with Crippen LogP contribution in [0.5, 0.6) is 5.88 Å². The zero-order chi connectivity index (χ0) is 20.3. The van der Waals surface area contributed by atoms with E-state index in [-0.39, 0.29) is 16.7 Å². The fourth-order valence-electron chi connectivity index (χ4n) is 3.18. The first-order chi connectivity index (χ1) is 13.3. The summed E-state index contributed by atoms with van der Waals surface area (Å²) in [6, 6.07) is 8.39. The van der Waals surface area contributed by atoms with Crippen molar-refractivity contribution in [3.63, 3.8) is 0 Å². The lowest BCUT2D eigenvalue weighted by molar-refractivity contribution is -0.114. The standard InChI is InChI=1S/C19H24N4O4S/c1-13-10-17(20-15(3)24)5-6-18(13)28(25,26)23-9-8-16(11-23)12-27-19-7-4-14(2)21-22-19/h4-7,10,16H,8-9,11-12H2,1-3H3,(H,20,24). The predicted octanol–water partition coefficient (Wildman–Crippen LogP) is 2.14. The number of carbonyl (C=O) groups excluding carboxylic acids is 1. The van der Waals surface area contributed by atoms with Crippen molar-refractivity contribution in [2.75, 3.05) is 25.0 Å². The van der Waals surface area contributed by atoms with Crippen LogP contribution in [-0.4, -0.2) is 48.5 Å². The first kappa shape index (κ1) is 20.2. The predicted molar refractivity (Wildman–Crippen MR) is 105 cm³/mol. The van der Waals surface area contributed by atoms with Crippen LogP contribution in [0.4, 0.5) is 5.69 Å². The van der Waals surface area contributed by atoms with Crippen molar-refractivity contribution in [1.82, 2.24) is 14.5 Å². The Morgan fingerprint density at radius 3 is 2.68 bits per heavy atom. The molecule has 8 nitrogen and oxygen atoms in total. The quantitative estimate of drug-likeness (QED) is 0.792. The summed E-state index contributed by atoms with van der Waals surface area (Å²) in [5, 5.41) is 10.6. The van der Waals surface area contributed by atoms with Crippen LogP contribution in [0.15, 0.2) is 35.2 Å². The Balaban J connectivity index is 1.64. The maximum atomic E-state index is 13.0. The van der Waals surface area contributed by atoms with E-state index in [9.17, 15) is 13.2 Å². The van der Waals surface area contributed by atoms with Crippen LogP contribution in [0.2, 0.25) is 0 Å². The average Bonchev–Trinajstić information content (AvgIpc) is 3.10. The second-order valence-electron chi connectivity index (χ2n) is 7.00. The third-order valence-corrected chi connectivity index (χ3v) is 6.63. The molecule has 1 aromatic heterocycles. The minimum Gasteiger partial charge on any atom is -0.476 e. The zero-order valence-corrected chi connectivity index (χ0v) is 17.0. The van der Waals surface area contributed by atoms with Crippen LogP contribution in [0.3, 0.4) is 0 Å². The van der Waals surface area contributed by atoms with E-state index in [1.165, 1.54) is 11.2 Å². The van der Waals surface area contributed by atoms with Gasteiger partial charge in [-0.2, -0.15) is 9.40 Å². The fourth-order valence-corrected chi connectivity index (χ4v) is 4.91. The van der Waals surface area contributed by atoms with Gasteiger partial charge in [-0.05, 0) is 50.1 Å². The molecule has 1 unspecified atom stereocenters. The Morgan fingerprint density at radius 1 is 1.25 bits per heavy atom. The van der Waals surface area contributed by atoms with E-state index < -0.39 is 10.0 Å². The summed E-state index contributed by atoms with van der Waals surface area (Å²) >= 11 is 0. The molecule has 1 aliphatic rings. The number of benzene rings is 1. The molecule has 1 fully saturated rings. The number of sulfonamides is 1. The maximum Gasteiger partial charge on any atom is 0.243 e. The Morgan fingerprint density at radius 2 is 2.04 bits per heavy atom. The van der Waals surface area contributed by atoms with E-state index in [1.54, 1.807) is 31.2 Å². The SMILES string of the molecule is CC(=O)Nc1ccc(S(=O)(=O)N2CCC(COc3ccc(C)nn3)C2)c(C)c1. The van der Waals surface area contributed by atoms with Gasteiger partial charge in [0.1, 0.15) is 0 Å². The number of nitrogens with one attached hydrogen (secondary N) is 1. The van der Waals surface area contributed by atoms with Crippen LogP contribution in [0.1, 0.15) is 24.6 Å². The van der Waals surface area contributed by atoms with Crippen molar-refractivity contribution >= 4 is 21.6 Å². The van der Waals surface area contributed by atoms with Gasteiger partial charge in [0, 0.05) is 37.7 Å². The van der Waals surface area contributed by atoms with Gasteiger partial charge in [-0.1, -0.05) is 0 Å². The van der Waals surface area contributed by atoms with Gasteiger partial charge in [-0.15, -0.1) is 5.10 Å². The largest absolute Gasteiger partial charge is 0.476 e. The van der Waals surface area contributed by atoms with Gasteiger partial charge in [-0.3, -0.25) is 4.79 Å². The van der Waals surface area contributed by atoms with E-state index in [0.29, 0.717) is 36.8 Å². The van der Waals surface area contributed by atoms with Gasteiger partial charge >= 0.3 is 0 Å².